The normalized spacial score (nSPS) is 21.8. The number of nitrogens with zero attached hydrogens (tertiary/aromatic N) is 1. The minimum absolute atomic E-state index is 0.138. The summed E-state index contributed by atoms with van der Waals surface area (Å²) in [6, 6.07) is 5.62. The molecule has 0 heterocycles. The van der Waals surface area contributed by atoms with Gasteiger partial charge in [-0.25, -0.2) is 0 Å². The minimum Gasteiger partial charge on any atom is -0.385 e. The third-order valence-electron chi connectivity index (χ3n) is 4.24. The zero-order valence-corrected chi connectivity index (χ0v) is 12.9. The third-order valence-corrected chi connectivity index (χ3v) is 4.24. The highest BCUT2D eigenvalue weighted by Gasteiger charge is 2.21. The number of nitrogens with one attached hydrogen (secondary N) is 2. The van der Waals surface area contributed by atoms with Crippen LogP contribution in [0.1, 0.15) is 46.0 Å². The predicted molar refractivity (Wildman–Crippen MR) is 86.9 cm³/mol. The lowest BCUT2D eigenvalue weighted by Crippen LogP contribution is -2.27. The van der Waals surface area contributed by atoms with E-state index in [1.807, 2.05) is 13.0 Å². The van der Waals surface area contributed by atoms with Crippen molar-refractivity contribution in [3.63, 3.8) is 0 Å². The Kier molecular flexibility index (Phi) is 5.42. The van der Waals surface area contributed by atoms with Crippen LogP contribution in [0.25, 0.3) is 0 Å². The number of non-ortho nitro benzene ring substituents is 1. The molecule has 1 aromatic rings. The van der Waals surface area contributed by atoms with Crippen molar-refractivity contribution in [3.05, 3.63) is 28.3 Å². The SMILES string of the molecule is CCNc1cc(NC2CCCC(CC)C2)cc([N+](=O)[O-])c1. The Balaban J connectivity index is 2.12. The van der Waals surface area contributed by atoms with Crippen molar-refractivity contribution in [1.82, 2.24) is 0 Å². The standard InChI is InChI=1S/C16H25N3O2/c1-3-12-6-5-7-13(8-12)18-15-9-14(17-4-2)10-16(11-15)19(20)21/h9-13,17-18H,3-8H2,1-2H3. The van der Waals surface area contributed by atoms with E-state index in [0.29, 0.717) is 6.04 Å². The number of hydrogen-bond acceptors (Lipinski definition) is 4. The molecule has 1 aromatic carbocycles. The van der Waals surface area contributed by atoms with Gasteiger partial charge in [-0.3, -0.25) is 10.1 Å². The molecule has 1 aliphatic rings. The third kappa shape index (κ3) is 4.34. The molecule has 5 nitrogen and oxygen atoms in total. The first-order valence-corrected chi connectivity index (χ1v) is 7.92. The van der Waals surface area contributed by atoms with E-state index in [1.54, 1.807) is 12.1 Å². The van der Waals surface area contributed by atoms with Gasteiger partial charge in [0, 0.05) is 36.1 Å². The largest absolute Gasteiger partial charge is 0.385 e. The Morgan fingerprint density at radius 3 is 2.67 bits per heavy atom. The lowest BCUT2D eigenvalue weighted by atomic mass is 9.84. The van der Waals surface area contributed by atoms with Crippen LogP contribution in [0.15, 0.2) is 18.2 Å². The van der Waals surface area contributed by atoms with E-state index in [0.717, 1.165) is 36.7 Å². The summed E-state index contributed by atoms with van der Waals surface area (Å²) in [7, 11) is 0. The Morgan fingerprint density at radius 1 is 1.24 bits per heavy atom. The summed E-state index contributed by atoms with van der Waals surface area (Å²) in [6.07, 6.45) is 6.08. The van der Waals surface area contributed by atoms with Gasteiger partial charge in [0.2, 0.25) is 0 Å². The molecule has 1 aliphatic carbocycles. The molecule has 1 fully saturated rings. The van der Waals surface area contributed by atoms with Crippen molar-refractivity contribution in [1.29, 1.82) is 0 Å². The molecular formula is C16H25N3O2. The molecule has 2 N–H and O–H groups in total. The maximum Gasteiger partial charge on any atom is 0.273 e. The van der Waals surface area contributed by atoms with Gasteiger partial charge in [0.15, 0.2) is 0 Å². The fourth-order valence-electron chi connectivity index (χ4n) is 3.13. The molecule has 0 aromatic heterocycles. The number of benzene rings is 1. The number of rotatable bonds is 6. The van der Waals surface area contributed by atoms with Crippen LogP contribution in [0.4, 0.5) is 17.1 Å². The summed E-state index contributed by atoms with van der Waals surface area (Å²) in [4.78, 5) is 10.7. The molecule has 0 saturated heterocycles. The molecule has 0 amide bonds. The van der Waals surface area contributed by atoms with Crippen LogP contribution in [-0.2, 0) is 0 Å². The summed E-state index contributed by atoms with van der Waals surface area (Å²) in [6.45, 7) is 4.98. The molecule has 0 radical (unpaired) electrons. The molecule has 0 aliphatic heterocycles. The number of nitro groups is 1. The van der Waals surface area contributed by atoms with Crippen molar-refractivity contribution in [2.75, 3.05) is 17.2 Å². The summed E-state index contributed by atoms with van der Waals surface area (Å²) >= 11 is 0. The highest BCUT2D eigenvalue weighted by molar-refractivity contribution is 5.63. The van der Waals surface area contributed by atoms with Crippen LogP contribution in [0, 0.1) is 16.0 Å². The maximum absolute atomic E-state index is 11.1. The minimum atomic E-state index is -0.332. The van der Waals surface area contributed by atoms with E-state index in [-0.39, 0.29) is 10.6 Å². The van der Waals surface area contributed by atoms with E-state index in [9.17, 15) is 10.1 Å². The summed E-state index contributed by atoms with van der Waals surface area (Å²) < 4.78 is 0. The summed E-state index contributed by atoms with van der Waals surface area (Å²) in [5.74, 6) is 0.781. The van der Waals surface area contributed by atoms with Crippen molar-refractivity contribution in [2.24, 2.45) is 5.92 Å². The fraction of sp³-hybridized carbons (Fsp3) is 0.625. The first kappa shape index (κ1) is 15.6. The molecule has 2 unspecified atom stereocenters. The Labute approximate surface area is 126 Å². The molecule has 116 valence electrons. The van der Waals surface area contributed by atoms with Crippen LogP contribution >= 0.6 is 0 Å². The van der Waals surface area contributed by atoms with Crippen LogP contribution in [-0.4, -0.2) is 17.5 Å². The molecule has 2 atom stereocenters. The van der Waals surface area contributed by atoms with Crippen molar-refractivity contribution >= 4 is 17.1 Å². The molecule has 0 bridgehead atoms. The highest BCUT2D eigenvalue weighted by atomic mass is 16.6. The molecule has 1 saturated carbocycles. The first-order valence-electron chi connectivity index (χ1n) is 7.92. The maximum atomic E-state index is 11.1. The quantitative estimate of drug-likeness (QED) is 0.602. The first-order chi connectivity index (χ1) is 10.1. The van der Waals surface area contributed by atoms with Gasteiger partial charge in [-0.15, -0.1) is 0 Å². The molecule has 5 heteroatoms. The Morgan fingerprint density at radius 2 is 2.00 bits per heavy atom. The van der Waals surface area contributed by atoms with E-state index in [1.165, 1.54) is 19.3 Å². The second kappa shape index (κ2) is 7.29. The summed E-state index contributed by atoms with van der Waals surface area (Å²) in [5, 5.41) is 17.7. The van der Waals surface area contributed by atoms with Gasteiger partial charge < -0.3 is 10.6 Å². The van der Waals surface area contributed by atoms with E-state index in [2.05, 4.69) is 17.6 Å². The smallest absolute Gasteiger partial charge is 0.273 e. The summed E-state index contributed by atoms with van der Waals surface area (Å²) in [5.41, 5.74) is 1.79. The van der Waals surface area contributed by atoms with Crippen molar-refractivity contribution in [2.45, 2.75) is 52.0 Å². The number of anilines is 2. The van der Waals surface area contributed by atoms with Gasteiger partial charge in [-0.2, -0.15) is 0 Å². The lowest BCUT2D eigenvalue weighted by molar-refractivity contribution is -0.384. The number of hydrogen-bond donors (Lipinski definition) is 2. The van der Waals surface area contributed by atoms with Gasteiger partial charge in [0.05, 0.1) is 4.92 Å². The topological polar surface area (TPSA) is 67.2 Å². The monoisotopic (exact) mass is 291 g/mol. The molecule has 2 rings (SSSR count). The lowest BCUT2D eigenvalue weighted by Gasteiger charge is -2.30. The molecular weight excluding hydrogens is 266 g/mol. The van der Waals surface area contributed by atoms with Crippen LogP contribution < -0.4 is 10.6 Å². The number of nitro benzene ring substituents is 1. The van der Waals surface area contributed by atoms with Crippen molar-refractivity contribution < 1.29 is 4.92 Å². The predicted octanol–water partition coefficient (Wildman–Crippen LogP) is 4.41. The Hall–Kier alpha value is -1.78. The van der Waals surface area contributed by atoms with Crippen LogP contribution in [0.3, 0.4) is 0 Å². The van der Waals surface area contributed by atoms with Gasteiger partial charge in [0.1, 0.15) is 0 Å². The van der Waals surface area contributed by atoms with Gasteiger partial charge in [0.25, 0.3) is 5.69 Å². The van der Waals surface area contributed by atoms with Gasteiger partial charge >= 0.3 is 0 Å². The zero-order valence-electron chi connectivity index (χ0n) is 12.9. The van der Waals surface area contributed by atoms with E-state index < -0.39 is 0 Å². The average Bonchev–Trinajstić information content (AvgIpc) is 2.47. The Bertz CT molecular complexity index is 490. The van der Waals surface area contributed by atoms with E-state index >= 15 is 0 Å². The molecule has 21 heavy (non-hydrogen) atoms. The second-order valence-electron chi connectivity index (χ2n) is 5.84. The highest BCUT2D eigenvalue weighted by Crippen LogP contribution is 2.31. The average molecular weight is 291 g/mol. The second-order valence-corrected chi connectivity index (χ2v) is 5.84. The van der Waals surface area contributed by atoms with Gasteiger partial charge in [-0.05, 0) is 31.7 Å². The van der Waals surface area contributed by atoms with E-state index in [4.69, 9.17) is 0 Å². The van der Waals surface area contributed by atoms with Crippen LogP contribution in [0.5, 0.6) is 0 Å². The van der Waals surface area contributed by atoms with Gasteiger partial charge in [-0.1, -0.05) is 26.2 Å². The zero-order chi connectivity index (χ0) is 15.2. The fourth-order valence-corrected chi connectivity index (χ4v) is 3.13. The van der Waals surface area contributed by atoms with Crippen LogP contribution in [0.2, 0.25) is 0 Å². The molecule has 0 spiro atoms. The van der Waals surface area contributed by atoms with Crippen molar-refractivity contribution in [3.8, 4) is 0 Å².